The van der Waals surface area contributed by atoms with Crippen molar-refractivity contribution in [3.8, 4) is 0 Å². The molecule has 0 atom stereocenters. The number of nitrogens with zero attached hydrogens (tertiary/aromatic N) is 1. The molecular weight excluding hydrogens is 332 g/mol. The molecule has 0 aromatic carbocycles. The number of hydrogen-bond acceptors (Lipinski definition) is 1. The average molecular weight is 367 g/mol. The predicted molar refractivity (Wildman–Crippen MR) is 112 cm³/mol. The fourth-order valence-corrected chi connectivity index (χ4v) is 3.70. The van der Waals surface area contributed by atoms with Gasteiger partial charge in [0.1, 0.15) is 5.76 Å². The number of furan rings is 1. The first-order valence-electron chi connectivity index (χ1n) is 9.87. The quantitative estimate of drug-likeness (QED) is 0.553. The van der Waals surface area contributed by atoms with E-state index in [-0.39, 0.29) is 16.4 Å². The molecule has 3 heteroatoms. The largest absolute Gasteiger partial charge is 0.469 e. The highest BCUT2D eigenvalue weighted by Gasteiger charge is 2.27. The predicted octanol–water partition coefficient (Wildman–Crippen LogP) is 6.20. The van der Waals surface area contributed by atoms with Crippen molar-refractivity contribution in [3.05, 3.63) is 71.7 Å². The fraction of sp³-hybridized carbons (Fsp3) is 0.500. The maximum absolute atomic E-state index is 5.81. The summed E-state index contributed by atoms with van der Waals surface area (Å²) in [6, 6.07) is 10.9. The van der Waals surface area contributed by atoms with Crippen molar-refractivity contribution in [1.29, 1.82) is 0 Å². The second kappa shape index (κ2) is 6.78. The summed E-state index contributed by atoms with van der Waals surface area (Å²) in [6.07, 6.45) is 8.12. The smallest absolute Gasteiger partial charge is 0.109 e. The summed E-state index contributed by atoms with van der Waals surface area (Å²) in [6.45, 7) is 15.7. The first-order chi connectivity index (χ1) is 12.5. The van der Waals surface area contributed by atoms with Crippen molar-refractivity contribution in [2.75, 3.05) is 0 Å². The van der Waals surface area contributed by atoms with Crippen LogP contribution in [0.15, 0.2) is 53.4 Å². The normalized spacial score (nSPS) is 13.3. The molecule has 0 radical (unpaired) electrons. The van der Waals surface area contributed by atoms with Gasteiger partial charge in [-0.15, -0.1) is 0 Å². The van der Waals surface area contributed by atoms with E-state index in [1.54, 1.807) is 0 Å². The Morgan fingerprint density at radius 3 is 2.19 bits per heavy atom. The molecule has 0 bridgehead atoms. The summed E-state index contributed by atoms with van der Waals surface area (Å²) in [7, 11) is 0. The third kappa shape index (κ3) is 4.40. The molecule has 0 aliphatic carbocycles. The van der Waals surface area contributed by atoms with Crippen LogP contribution in [0, 0.1) is 0 Å². The number of aromatic nitrogens is 2. The summed E-state index contributed by atoms with van der Waals surface area (Å²) < 4.78 is 8.09. The molecule has 3 aromatic rings. The zero-order chi connectivity index (χ0) is 19.9. The average Bonchev–Trinajstić information content (AvgIpc) is 3.27. The number of aromatic amines is 1. The molecule has 0 spiro atoms. The second-order valence-corrected chi connectivity index (χ2v) is 10.1. The van der Waals surface area contributed by atoms with E-state index in [9.17, 15) is 0 Å². The van der Waals surface area contributed by atoms with Gasteiger partial charge in [-0.2, -0.15) is 0 Å². The summed E-state index contributed by atoms with van der Waals surface area (Å²) in [4.78, 5) is 3.68. The van der Waals surface area contributed by atoms with Gasteiger partial charge in [-0.25, -0.2) is 0 Å². The zero-order valence-corrected chi connectivity index (χ0v) is 17.9. The highest BCUT2D eigenvalue weighted by atomic mass is 16.3. The second-order valence-electron chi connectivity index (χ2n) is 10.1. The van der Waals surface area contributed by atoms with Gasteiger partial charge in [0.15, 0.2) is 0 Å². The molecule has 0 fully saturated rings. The zero-order valence-electron chi connectivity index (χ0n) is 17.9. The van der Waals surface area contributed by atoms with Crippen molar-refractivity contribution >= 4 is 0 Å². The molecule has 0 aliphatic heterocycles. The van der Waals surface area contributed by atoms with Gasteiger partial charge in [0.05, 0.1) is 6.26 Å². The number of nitrogens with one attached hydrogen (secondary N) is 1. The summed E-state index contributed by atoms with van der Waals surface area (Å²) in [5, 5.41) is 0. The van der Waals surface area contributed by atoms with Gasteiger partial charge in [0.25, 0.3) is 0 Å². The van der Waals surface area contributed by atoms with E-state index in [4.69, 9.17) is 4.42 Å². The first-order valence-corrected chi connectivity index (χ1v) is 9.87. The summed E-state index contributed by atoms with van der Waals surface area (Å²) >= 11 is 0. The standard InChI is InChI=1S/C24H34N2O/c1-22(2,3)21-14-18(17-27-21)15-23(4,5)20-11-10-19(25-20)16-24(6,7)26-12-8-9-13-26/h8-14,17,25H,15-16H2,1-7H3. The molecule has 0 aliphatic rings. The minimum absolute atomic E-state index is 0.0227. The highest BCUT2D eigenvalue weighted by molar-refractivity contribution is 5.27. The SMILES string of the molecule is CC(C)(C)c1cc(CC(C)(C)c2ccc(CC(C)(C)n3cccc3)[nH]2)co1. The van der Waals surface area contributed by atoms with E-state index < -0.39 is 0 Å². The van der Waals surface area contributed by atoms with Crippen LogP contribution in [0.1, 0.15) is 71.2 Å². The molecule has 0 saturated carbocycles. The van der Waals surface area contributed by atoms with Gasteiger partial charge in [0, 0.05) is 46.6 Å². The minimum Gasteiger partial charge on any atom is -0.469 e. The van der Waals surface area contributed by atoms with Crippen molar-refractivity contribution in [3.63, 3.8) is 0 Å². The summed E-state index contributed by atoms with van der Waals surface area (Å²) in [5.41, 5.74) is 3.93. The van der Waals surface area contributed by atoms with Crippen LogP contribution in [0.2, 0.25) is 0 Å². The Morgan fingerprint density at radius 2 is 1.59 bits per heavy atom. The fourth-order valence-electron chi connectivity index (χ4n) is 3.70. The van der Waals surface area contributed by atoms with E-state index in [1.807, 2.05) is 6.26 Å². The Morgan fingerprint density at radius 1 is 0.926 bits per heavy atom. The Balaban J connectivity index is 1.73. The summed E-state index contributed by atoms with van der Waals surface area (Å²) in [5.74, 6) is 1.05. The molecule has 3 rings (SSSR count). The van der Waals surface area contributed by atoms with Crippen molar-refractivity contribution in [1.82, 2.24) is 9.55 Å². The molecule has 1 N–H and O–H groups in total. The maximum atomic E-state index is 5.81. The van der Waals surface area contributed by atoms with Crippen LogP contribution in [0.25, 0.3) is 0 Å². The van der Waals surface area contributed by atoms with Crippen molar-refractivity contribution in [2.45, 2.75) is 77.7 Å². The lowest BCUT2D eigenvalue weighted by molar-refractivity contribution is 0.350. The lowest BCUT2D eigenvalue weighted by Gasteiger charge is -2.27. The number of H-pyrrole nitrogens is 1. The molecule has 0 amide bonds. The molecule has 0 saturated heterocycles. The van der Waals surface area contributed by atoms with Gasteiger partial charge in [-0.1, -0.05) is 34.6 Å². The Kier molecular flexibility index (Phi) is 4.92. The minimum atomic E-state index is 0.0227. The monoisotopic (exact) mass is 366 g/mol. The Labute approximate surface area is 163 Å². The lowest BCUT2D eigenvalue weighted by atomic mass is 9.83. The molecule has 3 nitrogen and oxygen atoms in total. The molecule has 27 heavy (non-hydrogen) atoms. The van der Waals surface area contributed by atoms with Crippen LogP contribution in [-0.2, 0) is 29.2 Å². The molecule has 3 heterocycles. The first kappa shape index (κ1) is 19.6. The van der Waals surface area contributed by atoms with Gasteiger partial charge < -0.3 is 14.0 Å². The van der Waals surface area contributed by atoms with Crippen LogP contribution >= 0.6 is 0 Å². The molecule has 3 aromatic heterocycles. The topological polar surface area (TPSA) is 33.9 Å². The highest BCUT2D eigenvalue weighted by Crippen LogP contribution is 2.31. The van der Waals surface area contributed by atoms with Gasteiger partial charge in [-0.05, 0) is 56.2 Å². The van der Waals surface area contributed by atoms with Gasteiger partial charge >= 0.3 is 0 Å². The maximum Gasteiger partial charge on any atom is 0.109 e. The third-order valence-corrected chi connectivity index (χ3v) is 5.44. The Hall–Kier alpha value is -2.16. The molecule has 146 valence electrons. The van der Waals surface area contributed by atoms with Crippen LogP contribution in [0.3, 0.4) is 0 Å². The Bertz CT molecular complexity index is 870. The van der Waals surface area contributed by atoms with E-state index in [0.717, 1.165) is 18.6 Å². The molecule has 0 unspecified atom stereocenters. The third-order valence-electron chi connectivity index (χ3n) is 5.44. The van der Waals surface area contributed by atoms with E-state index in [2.05, 4.69) is 101 Å². The van der Waals surface area contributed by atoms with Gasteiger partial charge in [-0.3, -0.25) is 0 Å². The van der Waals surface area contributed by atoms with Crippen molar-refractivity contribution < 1.29 is 4.42 Å². The lowest BCUT2D eigenvalue weighted by Crippen LogP contribution is -2.28. The van der Waals surface area contributed by atoms with E-state index in [1.165, 1.54) is 17.0 Å². The van der Waals surface area contributed by atoms with Crippen LogP contribution in [0.4, 0.5) is 0 Å². The van der Waals surface area contributed by atoms with Crippen LogP contribution < -0.4 is 0 Å². The number of hydrogen-bond donors (Lipinski definition) is 1. The van der Waals surface area contributed by atoms with Crippen LogP contribution in [-0.4, -0.2) is 9.55 Å². The number of rotatable bonds is 6. The van der Waals surface area contributed by atoms with Crippen LogP contribution in [0.5, 0.6) is 0 Å². The van der Waals surface area contributed by atoms with Crippen molar-refractivity contribution in [2.24, 2.45) is 0 Å². The van der Waals surface area contributed by atoms with Gasteiger partial charge in [0.2, 0.25) is 0 Å². The van der Waals surface area contributed by atoms with E-state index in [0.29, 0.717) is 0 Å². The van der Waals surface area contributed by atoms with E-state index >= 15 is 0 Å². The molecular formula is C24H34N2O.